The predicted molar refractivity (Wildman–Crippen MR) is 120 cm³/mol. The minimum Gasteiger partial charge on any atom is -0.419 e. The summed E-state index contributed by atoms with van der Waals surface area (Å²) in [5.41, 5.74) is 3.54. The molecule has 3 aromatic rings. The first kappa shape index (κ1) is 21.4. The van der Waals surface area contributed by atoms with E-state index in [1.807, 2.05) is 24.0 Å². The molecule has 1 aliphatic rings. The van der Waals surface area contributed by atoms with Crippen LogP contribution in [0, 0.1) is 23.7 Å². The first-order chi connectivity index (χ1) is 15.0. The summed E-state index contributed by atoms with van der Waals surface area (Å²) in [7, 11) is 1.93. The van der Waals surface area contributed by atoms with Gasteiger partial charge in [0, 0.05) is 39.0 Å². The molecular formula is C24H32N6O. The summed E-state index contributed by atoms with van der Waals surface area (Å²) in [5.74, 6) is 3.44. The molecule has 0 fully saturated rings. The highest BCUT2D eigenvalue weighted by molar-refractivity contribution is 5.44. The van der Waals surface area contributed by atoms with E-state index in [1.165, 1.54) is 11.1 Å². The molecule has 0 unspecified atom stereocenters. The van der Waals surface area contributed by atoms with Crippen molar-refractivity contribution in [3.63, 3.8) is 0 Å². The van der Waals surface area contributed by atoms with Crippen LogP contribution in [0.25, 0.3) is 11.6 Å². The van der Waals surface area contributed by atoms with Crippen molar-refractivity contribution in [1.82, 2.24) is 30.0 Å². The van der Waals surface area contributed by atoms with Crippen molar-refractivity contribution in [3.05, 3.63) is 60.2 Å². The van der Waals surface area contributed by atoms with E-state index in [-0.39, 0.29) is 0 Å². The van der Waals surface area contributed by atoms with Crippen molar-refractivity contribution in [2.24, 2.45) is 30.7 Å². The van der Waals surface area contributed by atoms with Gasteiger partial charge < -0.3 is 14.3 Å². The molecule has 0 amide bonds. The van der Waals surface area contributed by atoms with Crippen LogP contribution in [0.4, 0.5) is 0 Å². The third kappa shape index (κ3) is 5.10. The fourth-order valence-corrected chi connectivity index (χ4v) is 4.61. The van der Waals surface area contributed by atoms with Gasteiger partial charge in [0.05, 0.1) is 12.5 Å². The van der Waals surface area contributed by atoms with Gasteiger partial charge in [-0.1, -0.05) is 25.5 Å². The van der Waals surface area contributed by atoms with Gasteiger partial charge in [0.25, 0.3) is 5.89 Å². The summed E-state index contributed by atoms with van der Waals surface area (Å²) in [6.07, 6.45) is 11.6. The van der Waals surface area contributed by atoms with E-state index in [0.29, 0.717) is 35.5 Å². The average Bonchev–Trinajstić information content (AvgIpc) is 3.39. The van der Waals surface area contributed by atoms with Crippen molar-refractivity contribution in [2.75, 3.05) is 6.54 Å². The van der Waals surface area contributed by atoms with Crippen molar-refractivity contribution < 1.29 is 4.42 Å². The first-order valence-corrected chi connectivity index (χ1v) is 11.1. The molecule has 0 aromatic carbocycles. The number of aromatic nitrogens is 5. The molecule has 0 spiro atoms. The zero-order valence-electron chi connectivity index (χ0n) is 18.8. The number of pyridine rings is 1. The highest BCUT2D eigenvalue weighted by Crippen LogP contribution is 2.38. The lowest BCUT2D eigenvalue weighted by atomic mass is 9.70. The average molecular weight is 421 g/mol. The van der Waals surface area contributed by atoms with E-state index in [4.69, 9.17) is 4.42 Å². The summed E-state index contributed by atoms with van der Waals surface area (Å²) in [6.45, 7) is 8.77. The zero-order chi connectivity index (χ0) is 21.8. The largest absolute Gasteiger partial charge is 0.419 e. The summed E-state index contributed by atoms with van der Waals surface area (Å²) >= 11 is 0. The Kier molecular flexibility index (Phi) is 6.61. The molecule has 1 N–H and O–H groups in total. The lowest BCUT2D eigenvalue weighted by molar-refractivity contribution is 0.218. The first-order valence-electron chi connectivity index (χ1n) is 11.1. The van der Waals surface area contributed by atoms with E-state index in [9.17, 15) is 0 Å². The zero-order valence-corrected chi connectivity index (χ0v) is 18.8. The Hall–Kier alpha value is -2.80. The van der Waals surface area contributed by atoms with Crippen LogP contribution >= 0.6 is 0 Å². The normalized spacial score (nSPS) is 21.5. The highest BCUT2D eigenvalue weighted by Gasteiger charge is 2.32. The summed E-state index contributed by atoms with van der Waals surface area (Å²) in [5, 5.41) is 12.2. The van der Waals surface area contributed by atoms with Crippen molar-refractivity contribution >= 4 is 0 Å². The Balaban J connectivity index is 1.41. The van der Waals surface area contributed by atoms with Crippen molar-refractivity contribution in [1.29, 1.82) is 0 Å². The molecule has 3 heterocycles. The molecule has 1 aliphatic carbocycles. The van der Waals surface area contributed by atoms with Gasteiger partial charge in [-0.05, 0) is 54.7 Å². The molecule has 0 radical (unpaired) electrons. The maximum Gasteiger partial charge on any atom is 0.265 e. The standard InChI is InChI=1S/C24H32N6O/c1-16(2)21-10-19(11-23-28-29-24(31-23)22-14-27-15-30(22)4)17(3)9-20(21)13-26-12-18-5-7-25-8-6-18/h5-9,14-16,19-21,26H,10-13H2,1-4H3/t19-,20-,21-/m0/s1. The van der Waals surface area contributed by atoms with Crippen LogP contribution in [0.15, 0.2) is 53.1 Å². The molecular weight excluding hydrogens is 388 g/mol. The van der Waals surface area contributed by atoms with Gasteiger partial charge in [0.1, 0.15) is 5.69 Å². The van der Waals surface area contributed by atoms with Crippen LogP contribution in [0.2, 0.25) is 0 Å². The summed E-state index contributed by atoms with van der Waals surface area (Å²) < 4.78 is 7.86. The van der Waals surface area contributed by atoms with E-state index in [0.717, 1.165) is 31.6 Å². The molecule has 3 aromatic heterocycles. The maximum absolute atomic E-state index is 5.97. The van der Waals surface area contributed by atoms with Gasteiger partial charge in [-0.3, -0.25) is 4.98 Å². The van der Waals surface area contributed by atoms with E-state index >= 15 is 0 Å². The van der Waals surface area contributed by atoms with Crippen molar-refractivity contribution in [3.8, 4) is 11.6 Å². The lowest BCUT2D eigenvalue weighted by Gasteiger charge is -2.37. The lowest BCUT2D eigenvalue weighted by Crippen LogP contribution is -2.34. The SMILES string of the molecule is CC1=C[C@@H](CNCc2ccncc2)[C@H](C(C)C)C[C@H]1Cc1nnc(-c2cncn2C)o1. The number of rotatable bonds is 8. The summed E-state index contributed by atoms with van der Waals surface area (Å²) in [4.78, 5) is 8.23. The second-order valence-electron chi connectivity index (χ2n) is 9.00. The van der Waals surface area contributed by atoms with Crippen LogP contribution in [-0.2, 0) is 20.0 Å². The van der Waals surface area contributed by atoms with Gasteiger partial charge in [-0.15, -0.1) is 10.2 Å². The minimum atomic E-state index is 0.434. The van der Waals surface area contributed by atoms with Crippen LogP contribution in [0.3, 0.4) is 0 Å². The number of hydrogen-bond acceptors (Lipinski definition) is 6. The number of imidazole rings is 1. The quantitative estimate of drug-likeness (QED) is 0.554. The molecule has 7 heteroatoms. The fraction of sp³-hybridized carbons (Fsp3) is 0.500. The summed E-state index contributed by atoms with van der Waals surface area (Å²) in [6, 6.07) is 4.13. The Morgan fingerprint density at radius 3 is 2.71 bits per heavy atom. The maximum atomic E-state index is 5.97. The number of nitrogens with zero attached hydrogens (tertiary/aromatic N) is 5. The number of allylic oxidation sites excluding steroid dienone is 1. The second kappa shape index (κ2) is 9.56. The van der Waals surface area contributed by atoms with Gasteiger partial charge in [0.2, 0.25) is 5.89 Å². The predicted octanol–water partition coefficient (Wildman–Crippen LogP) is 4.05. The fourth-order valence-electron chi connectivity index (χ4n) is 4.61. The molecule has 7 nitrogen and oxygen atoms in total. The Bertz CT molecular complexity index is 1010. The van der Waals surface area contributed by atoms with Crippen LogP contribution in [0.5, 0.6) is 0 Å². The van der Waals surface area contributed by atoms with Crippen LogP contribution < -0.4 is 5.32 Å². The molecule has 164 valence electrons. The van der Waals surface area contributed by atoms with Crippen LogP contribution in [-0.4, -0.2) is 31.3 Å². The third-order valence-corrected chi connectivity index (χ3v) is 6.47. The third-order valence-electron chi connectivity index (χ3n) is 6.47. The minimum absolute atomic E-state index is 0.434. The van der Waals surface area contributed by atoms with Gasteiger partial charge in [0.15, 0.2) is 0 Å². The molecule has 31 heavy (non-hydrogen) atoms. The molecule has 0 aliphatic heterocycles. The van der Waals surface area contributed by atoms with Gasteiger partial charge in [-0.2, -0.15) is 0 Å². The Morgan fingerprint density at radius 2 is 2.00 bits per heavy atom. The highest BCUT2D eigenvalue weighted by atomic mass is 16.4. The monoisotopic (exact) mass is 420 g/mol. The van der Waals surface area contributed by atoms with Crippen LogP contribution in [0.1, 0.15) is 38.6 Å². The molecule has 0 saturated heterocycles. The number of nitrogens with one attached hydrogen (secondary N) is 1. The molecule has 0 bridgehead atoms. The van der Waals surface area contributed by atoms with E-state index < -0.39 is 0 Å². The Morgan fingerprint density at radius 1 is 1.19 bits per heavy atom. The Labute approximate surface area is 184 Å². The van der Waals surface area contributed by atoms with Crippen molar-refractivity contribution in [2.45, 2.75) is 40.2 Å². The van der Waals surface area contributed by atoms with E-state index in [1.54, 1.807) is 12.5 Å². The molecule has 4 rings (SSSR count). The topological polar surface area (TPSA) is 81.7 Å². The van der Waals surface area contributed by atoms with Gasteiger partial charge >= 0.3 is 0 Å². The second-order valence-corrected chi connectivity index (χ2v) is 9.00. The number of hydrogen-bond donors (Lipinski definition) is 1. The van der Waals surface area contributed by atoms with Gasteiger partial charge in [-0.25, -0.2) is 4.98 Å². The molecule has 0 saturated carbocycles. The molecule has 3 atom stereocenters. The van der Waals surface area contributed by atoms with E-state index in [2.05, 4.69) is 64.5 Å². The smallest absolute Gasteiger partial charge is 0.265 e. The number of aryl methyl sites for hydroxylation is 1.